The highest BCUT2D eigenvalue weighted by Gasteiger charge is 2.26. The van der Waals surface area contributed by atoms with Crippen molar-refractivity contribution in [2.24, 2.45) is 5.92 Å². The lowest BCUT2D eigenvalue weighted by molar-refractivity contribution is -0.139. The van der Waals surface area contributed by atoms with Crippen molar-refractivity contribution in [1.29, 1.82) is 0 Å². The Morgan fingerprint density at radius 2 is 1.95 bits per heavy atom. The van der Waals surface area contributed by atoms with E-state index in [9.17, 15) is 9.90 Å². The summed E-state index contributed by atoms with van der Waals surface area (Å²) in [6.07, 6.45) is 5.57. The summed E-state index contributed by atoms with van der Waals surface area (Å²) < 4.78 is 0. The van der Waals surface area contributed by atoms with Crippen LogP contribution in [0.25, 0.3) is 0 Å². The molecule has 1 saturated carbocycles. The fourth-order valence-corrected chi connectivity index (χ4v) is 2.98. The number of rotatable bonds is 6. The predicted molar refractivity (Wildman–Crippen MR) is 76.1 cm³/mol. The molecule has 3 nitrogen and oxygen atoms in total. The fraction of sp³-hybridized carbons (Fsp3) is 0.562. The van der Waals surface area contributed by atoms with Gasteiger partial charge in [-0.2, -0.15) is 0 Å². The lowest BCUT2D eigenvalue weighted by Gasteiger charge is -2.25. The average Bonchev–Trinajstić information content (AvgIpc) is 2.93. The first-order valence-electron chi connectivity index (χ1n) is 7.19. The van der Waals surface area contributed by atoms with E-state index in [1.54, 1.807) is 0 Å². The third-order valence-corrected chi connectivity index (χ3v) is 4.15. The number of carboxylic acids is 1. The standard InChI is InChI=1S/C16H23NO2/c1-12(14-9-5-6-10-14)17-15(16(18)19)11-13-7-3-2-4-8-13/h2-4,7-8,12,14-15,17H,5-6,9-11H2,1H3,(H,18,19)/t12?,15-/m1/s1. The molecule has 0 amide bonds. The number of hydrogen-bond donors (Lipinski definition) is 2. The number of nitrogens with one attached hydrogen (secondary N) is 1. The Labute approximate surface area is 115 Å². The Morgan fingerprint density at radius 1 is 1.32 bits per heavy atom. The quantitative estimate of drug-likeness (QED) is 0.828. The van der Waals surface area contributed by atoms with Crippen LogP contribution in [0.1, 0.15) is 38.2 Å². The van der Waals surface area contributed by atoms with E-state index in [1.165, 1.54) is 25.7 Å². The molecule has 19 heavy (non-hydrogen) atoms. The zero-order valence-electron chi connectivity index (χ0n) is 11.5. The summed E-state index contributed by atoms with van der Waals surface area (Å²) in [5, 5.41) is 12.7. The van der Waals surface area contributed by atoms with Crippen molar-refractivity contribution in [2.45, 2.75) is 51.1 Å². The summed E-state index contributed by atoms with van der Waals surface area (Å²) in [6, 6.07) is 9.62. The number of carboxylic acid groups (broad SMARTS) is 1. The Bertz CT molecular complexity index is 398. The molecule has 2 N–H and O–H groups in total. The normalized spacial score (nSPS) is 19.2. The topological polar surface area (TPSA) is 49.3 Å². The van der Waals surface area contributed by atoms with Crippen LogP contribution in [0.5, 0.6) is 0 Å². The average molecular weight is 261 g/mol. The van der Waals surface area contributed by atoms with Crippen LogP contribution in [-0.2, 0) is 11.2 Å². The van der Waals surface area contributed by atoms with Gasteiger partial charge in [0.1, 0.15) is 6.04 Å². The second-order valence-electron chi connectivity index (χ2n) is 5.58. The van der Waals surface area contributed by atoms with Crippen LogP contribution in [0.15, 0.2) is 30.3 Å². The van der Waals surface area contributed by atoms with E-state index in [2.05, 4.69) is 12.2 Å². The Kier molecular flexibility index (Phi) is 4.97. The maximum Gasteiger partial charge on any atom is 0.321 e. The molecule has 0 radical (unpaired) electrons. The highest BCUT2D eigenvalue weighted by molar-refractivity contribution is 5.74. The lowest BCUT2D eigenvalue weighted by atomic mass is 9.97. The minimum Gasteiger partial charge on any atom is -0.480 e. The van der Waals surface area contributed by atoms with Gasteiger partial charge in [0.2, 0.25) is 0 Å². The molecule has 1 aliphatic carbocycles. The molecule has 104 valence electrons. The molecular formula is C16H23NO2. The van der Waals surface area contributed by atoms with Gasteiger partial charge in [-0.1, -0.05) is 43.2 Å². The van der Waals surface area contributed by atoms with Crippen LogP contribution in [-0.4, -0.2) is 23.2 Å². The SMILES string of the molecule is CC(N[C@H](Cc1ccccc1)C(=O)O)C1CCCC1. The van der Waals surface area contributed by atoms with Crippen molar-refractivity contribution >= 4 is 5.97 Å². The molecule has 2 rings (SSSR count). The van der Waals surface area contributed by atoms with Crippen LogP contribution in [0, 0.1) is 5.92 Å². The molecule has 1 unspecified atom stereocenters. The predicted octanol–water partition coefficient (Wildman–Crippen LogP) is 2.85. The maximum atomic E-state index is 11.4. The van der Waals surface area contributed by atoms with Crippen molar-refractivity contribution in [2.75, 3.05) is 0 Å². The van der Waals surface area contributed by atoms with Gasteiger partial charge in [0, 0.05) is 6.04 Å². The molecule has 2 atom stereocenters. The van der Waals surface area contributed by atoms with E-state index < -0.39 is 12.0 Å². The largest absolute Gasteiger partial charge is 0.480 e. The van der Waals surface area contributed by atoms with E-state index in [-0.39, 0.29) is 6.04 Å². The lowest BCUT2D eigenvalue weighted by Crippen LogP contribution is -2.46. The summed E-state index contributed by atoms with van der Waals surface area (Å²) in [7, 11) is 0. The molecule has 0 aliphatic heterocycles. The van der Waals surface area contributed by atoms with E-state index in [0.29, 0.717) is 12.3 Å². The molecular weight excluding hydrogens is 238 g/mol. The van der Waals surface area contributed by atoms with Crippen LogP contribution < -0.4 is 5.32 Å². The fourth-order valence-electron chi connectivity index (χ4n) is 2.98. The van der Waals surface area contributed by atoms with E-state index in [0.717, 1.165) is 5.56 Å². The second kappa shape index (κ2) is 6.71. The van der Waals surface area contributed by atoms with Gasteiger partial charge in [-0.05, 0) is 37.7 Å². The van der Waals surface area contributed by atoms with Gasteiger partial charge in [0.15, 0.2) is 0 Å². The van der Waals surface area contributed by atoms with Crippen molar-refractivity contribution in [3.63, 3.8) is 0 Å². The van der Waals surface area contributed by atoms with Crippen LogP contribution in [0.4, 0.5) is 0 Å². The zero-order valence-corrected chi connectivity index (χ0v) is 11.5. The van der Waals surface area contributed by atoms with E-state index in [1.807, 2.05) is 30.3 Å². The second-order valence-corrected chi connectivity index (χ2v) is 5.58. The third-order valence-electron chi connectivity index (χ3n) is 4.15. The summed E-state index contributed by atoms with van der Waals surface area (Å²) in [6.45, 7) is 2.12. The molecule has 0 saturated heterocycles. The molecule has 3 heteroatoms. The van der Waals surface area contributed by atoms with Crippen LogP contribution in [0.2, 0.25) is 0 Å². The number of carbonyl (C=O) groups is 1. The smallest absolute Gasteiger partial charge is 0.321 e. The van der Waals surface area contributed by atoms with Crippen molar-refractivity contribution < 1.29 is 9.90 Å². The molecule has 0 aromatic heterocycles. The summed E-state index contributed by atoms with van der Waals surface area (Å²) >= 11 is 0. The summed E-state index contributed by atoms with van der Waals surface area (Å²) in [5.74, 6) is -0.119. The van der Waals surface area contributed by atoms with Gasteiger partial charge in [-0.15, -0.1) is 0 Å². The Balaban J connectivity index is 1.94. The molecule has 1 aromatic carbocycles. The van der Waals surface area contributed by atoms with Gasteiger partial charge >= 0.3 is 5.97 Å². The van der Waals surface area contributed by atoms with E-state index in [4.69, 9.17) is 0 Å². The first-order chi connectivity index (χ1) is 9.16. The number of benzene rings is 1. The van der Waals surface area contributed by atoms with Crippen LogP contribution in [0.3, 0.4) is 0 Å². The number of hydrogen-bond acceptors (Lipinski definition) is 2. The summed E-state index contributed by atoms with van der Waals surface area (Å²) in [5.41, 5.74) is 1.07. The summed E-state index contributed by atoms with van der Waals surface area (Å²) in [4.78, 5) is 11.4. The van der Waals surface area contributed by atoms with Gasteiger partial charge in [0.05, 0.1) is 0 Å². The van der Waals surface area contributed by atoms with Crippen molar-refractivity contribution in [1.82, 2.24) is 5.32 Å². The molecule has 0 heterocycles. The monoisotopic (exact) mass is 261 g/mol. The van der Waals surface area contributed by atoms with Crippen molar-refractivity contribution in [3.8, 4) is 0 Å². The van der Waals surface area contributed by atoms with Crippen LogP contribution >= 0.6 is 0 Å². The van der Waals surface area contributed by atoms with E-state index >= 15 is 0 Å². The Morgan fingerprint density at radius 3 is 2.53 bits per heavy atom. The molecule has 1 aliphatic rings. The highest BCUT2D eigenvalue weighted by Crippen LogP contribution is 2.27. The highest BCUT2D eigenvalue weighted by atomic mass is 16.4. The third kappa shape index (κ3) is 4.06. The van der Waals surface area contributed by atoms with Crippen molar-refractivity contribution in [3.05, 3.63) is 35.9 Å². The van der Waals surface area contributed by atoms with Gasteiger partial charge in [-0.3, -0.25) is 4.79 Å². The molecule has 1 fully saturated rings. The van der Waals surface area contributed by atoms with Gasteiger partial charge in [-0.25, -0.2) is 0 Å². The minimum atomic E-state index is -0.756. The zero-order chi connectivity index (χ0) is 13.7. The minimum absolute atomic E-state index is 0.285. The first-order valence-corrected chi connectivity index (χ1v) is 7.19. The molecule has 0 bridgehead atoms. The molecule has 0 spiro atoms. The number of aliphatic carboxylic acids is 1. The molecule has 1 aromatic rings. The van der Waals surface area contributed by atoms with Gasteiger partial charge in [0.25, 0.3) is 0 Å². The Hall–Kier alpha value is -1.35. The van der Waals surface area contributed by atoms with Gasteiger partial charge < -0.3 is 10.4 Å². The first kappa shape index (κ1) is 14.1. The maximum absolute atomic E-state index is 11.4.